The average molecular weight is 368 g/mol. The maximum absolute atomic E-state index is 13.8. The molecular formula is C22H28N2O3. The number of likely N-dealkylation sites (tertiary alicyclic amines) is 1. The van der Waals surface area contributed by atoms with E-state index < -0.39 is 16.2 Å². The van der Waals surface area contributed by atoms with Crippen LogP contribution in [0.15, 0.2) is 24.3 Å². The minimum atomic E-state index is -0.736. The van der Waals surface area contributed by atoms with Gasteiger partial charge in [-0.25, -0.2) is 0 Å². The Bertz CT molecular complexity index is 833. The highest BCUT2D eigenvalue weighted by molar-refractivity contribution is 6.06. The van der Waals surface area contributed by atoms with E-state index in [9.17, 15) is 14.4 Å². The molecule has 2 heterocycles. The van der Waals surface area contributed by atoms with E-state index in [1.54, 1.807) is 7.05 Å². The number of nitrogens with zero attached hydrogens (tertiary/aromatic N) is 2. The quantitative estimate of drug-likeness (QED) is 0.716. The van der Waals surface area contributed by atoms with Crippen molar-refractivity contribution < 1.29 is 14.4 Å². The van der Waals surface area contributed by atoms with Crippen LogP contribution in [0, 0.1) is 16.2 Å². The summed E-state index contributed by atoms with van der Waals surface area (Å²) in [4.78, 5) is 42.7. The fourth-order valence-corrected chi connectivity index (χ4v) is 6.29. The van der Waals surface area contributed by atoms with Crippen LogP contribution in [0.25, 0.3) is 0 Å². The minimum Gasteiger partial charge on any atom is -0.309 e. The normalized spacial score (nSPS) is 38.2. The minimum absolute atomic E-state index is 0.0438. The standard InChI is InChI=1S/C22H28N2O3/c1-14-10-15-8-6-7-9-16(15)24(14)19(27)22(4)12-20(2)11-21(3,13-22)18(26)23(5)17(20)25/h6-9,14H,10-13H2,1-5H3. The molecule has 5 heteroatoms. The molecular weight excluding hydrogens is 340 g/mol. The SMILES string of the molecule is CC1Cc2ccccc2N1C(=O)C1(C)CC2(C)CC(C)(C1)C(=O)N(C)C2=O. The van der Waals surface area contributed by atoms with Crippen LogP contribution in [0.4, 0.5) is 5.69 Å². The molecule has 1 saturated heterocycles. The lowest BCUT2D eigenvalue weighted by molar-refractivity contribution is -0.177. The van der Waals surface area contributed by atoms with Gasteiger partial charge in [-0.05, 0) is 44.2 Å². The maximum Gasteiger partial charge on any atom is 0.234 e. The summed E-state index contributed by atoms with van der Waals surface area (Å²) in [7, 11) is 1.57. The van der Waals surface area contributed by atoms with Crippen LogP contribution >= 0.6 is 0 Å². The Morgan fingerprint density at radius 1 is 1.00 bits per heavy atom. The van der Waals surface area contributed by atoms with E-state index in [0.29, 0.717) is 19.3 Å². The Morgan fingerprint density at radius 3 is 2.15 bits per heavy atom. The summed E-state index contributed by atoms with van der Waals surface area (Å²) in [5.74, 6) is -0.264. The third-order valence-electron chi connectivity index (χ3n) is 6.93. The molecule has 1 aromatic rings. The molecule has 2 bridgehead atoms. The molecule has 1 aromatic carbocycles. The summed E-state index contributed by atoms with van der Waals surface area (Å²) in [6.45, 7) is 7.86. The van der Waals surface area contributed by atoms with E-state index in [1.165, 1.54) is 10.5 Å². The fraction of sp³-hybridized carbons (Fsp3) is 0.591. The number of carbonyl (C=O) groups excluding carboxylic acids is 3. The van der Waals surface area contributed by atoms with Gasteiger partial charge in [0.15, 0.2) is 0 Å². The van der Waals surface area contributed by atoms with Gasteiger partial charge in [-0.15, -0.1) is 0 Å². The number of anilines is 1. The van der Waals surface area contributed by atoms with Crippen LogP contribution < -0.4 is 4.90 Å². The lowest BCUT2D eigenvalue weighted by Crippen LogP contribution is -2.64. The zero-order valence-electron chi connectivity index (χ0n) is 16.8. The van der Waals surface area contributed by atoms with Gasteiger partial charge in [0.25, 0.3) is 0 Å². The van der Waals surface area contributed by atoms with Crippen molar-refractivity contribution in [2.45, 2.75) is 59.4 Å². The summed E-state index contributed by atoms with van der Waals surface area (Å²) in [6.07, 6.45) is 2.33. The molecule has 3 amide bonds. The van der Waals surface area contributed by atoms with E-state index >= 15 is 0 Å². The molecule has 2 fully saturated rings. The van der Waals surface area contributed by atoms with Crippen molar-refractivity contribution >= 4 is 23.4 Å². The summed E-state index contributed by atoms with van der Waals surface area (Å²) >= 11 is 0. The van der Waals surface area contributed by atoms with Crippen LogP contribution in [0.2, 0.25) is 0 Å². The van der Waals surface area contributed by atoms with E-state index in [2.05, 4.69) is 13.0 Å². The molecule has 4 rings (SSSR count). The first-order valence-electron chi connectivity index (χ1n) is 9.75. The highest BCUT2D eigenvalue weighted by Crippen LogP contribution is 2.59. The largest absolute Gasteiger partial charge is 0.309 e. The van der Waals surface area contributed by atoms with Crippen LogP contribution in [0.5, 0.6) is 0 Å². The predicted octanol–water partition coefficient (Wildman–Crippen LogP) is 3.17. The topological polar surface area (TPSA) is 57.7 Å². The van der Waals surface area contributed by atoms with Gasteiger partial charge in [-0.1, -0.05) is 39.0 Å². The van der Waals surface area contributed by atoms with E-state index in [0.717, 1.165) is 12.1 Å². The van der Waals surface area contributed by atoms with Crippen molar-refractivity contribution in [1.82, 2.24) is 4.90 Å². The molecule has 0 spiro atoms. The Balaban J connectivity index is 1.75. The van der Waals surface area contributed by atoms with E-state index in [-0.39, 0.29) is 23.8 Å². The van der Waals surface area contributed by atoms with Gasteiger partial charge in [0.05, 0.1) is 0 Å². The van der Waals surface area contributed by atoms with Gasteiger partial charge in [-0.2, -0.15) is 0 Å². The number of imide groups is 1. The van der Waals surface area contributed by atoms with Crippen LogP contribution in [-0.2, 0) is 20.8 Å². The number of piperidine rings is 1. The first kappa shape index (κ1) is 18.2. The van der Waals surface area contributed by atoms with E-state index in [4.69, 9.17) is 0 Å². The van der Waals surface area contributed by atoms with Gasteiger partial charge >= 0.3 is 0 Å². The number of rotatable bonds is 1. The monoisotopic (exact) mass is 368 g/mol. The number of para-hydroxylation sites is 1. The number of fused-ring (bicyclic) bond motifs is 3. The number of amides is 3. The van der Waals surface area contributed by atoms with Crippen molar-refractivity contribution in [2.24, 2.45) is 16.2 Å². The highest BCUT2D eigenvalue weighted by Gasteiger charge is 2.63. The molecule has 144 valence electrons. The summed E-state index contributed by atoms with van der Waals surface area (Å²) in [6, 6.07) is 8.11. The predicted molar refractivity (Wildman–Crippen MR) is 103 cm³/mol. The third-order valence-corrected chi connectivity index (χ3v) is 6.93. The van der Waals surface area contributed by atoms with Crippen molar-refractivity contribution in [2.75, 3.05) is 11.9 Å². The second kappa shape index (κ2) is 5.43. The molecule has 3 aliphatic rings. The van der Waals surface area contributed by atoms with Crippen LogP contribution in [0.1, 0.15) is 52.5 Å². The zero-order valence-corrected chi connectivity index (χ0v) is 16.8. The third kappa shape index (κ3) is 2.40. The summed E-state index contributed by atoms with van der Waals surface area (Å²) in [5.41, 5.74) is 0.0600. The first-order chi connectivity index (χ1) is 12.5. The molecule has 3 unspecified atom stereocenters. The Kier molecular flexibility index (Phi) is 3.66. The van der Waals surface area contributed by atoms with Gasteiger partial charge < -0.3 is 4.90 Å². The van der Waals surface area contributed by atoms with Crippen LogP contribution in [-0.4, -0.2) is 35.7 Å². The second-order valence-electron chi connectivity index (χ2n) is 9.74. The van der Waals surface area contributed by atoms with Crippen molar-refractivity contribution in [3.05, 3.63) is 29.8 Å². The lowest BCUT2D eigenvalue weighted by atomic mass is 9.51. The summed E-state index contributed by atoms with van der Waals surface area (Å²) < 4.78 is 0. The molecule has 1 aliphatic carbocycles. The van der Waals surface area contributed by atoms with Gasteiger partial charge in [0.1, 0.15) is 0 Å². The molecule has 3 atom stereocenters. The molecule has 0 N–H and O–H groups in total. The number of carbonyl (C=O) groups is 3. The molecule has 2 aliphatic heterocycles. The lowest BCUT2D eigenvalue weighted by Gasteiger charge is -2.56. The molecule has 1 saturated carbocycles. The number of benzene rings is 1. The number of hydrogen-bond acceptors (Lipinski definition) is 3. The Labute approximate surface area is 160 Å². The first-order valence-corrected chi connectivity index (χ1v) is 9.75. The fourth-order valence-electron chi connectivity index (χ4n) is 6.29. The smallest absolute Gasteiger partial charge is 0.234 e. The summed E-state index contributed by atoms with van der Waals surface area (Å²) in [5, 5.41) is 0. The molecule has 0 radical (unpaired) electrons. The van der Waals surface area contributed by atoms with Gasteiger partial charge in [0.2, 0.25) is 17.7 Å². The van der Waals surface area contributed by atoms with Gasteiger partial charge in [0, 0.05) is 35.0 Å². The zero-order chi connectivity index (χ0) is 19.8. The molecule has 0 aromatic heterocycles. The second-order valence-corrected chi connectivity index (χ2v) is 9.74. The average Bonchev–Trinajstić information content (AvgIpc) is 2.92. The molecule has 27 heavy (non-hydrogen) atoms. The van der Waals surface area contributed by atoms with Crippen molar-refractivity contribution in [3.63, 3.8) is 0 Å². The van der Waals surface area contributed by atoms with E-state index in [1.807, 2.05) is 43.9 Å². The van der Waals surface area contributed by atoms with Crippen LogP contribution in [0.3, 0.4) is 0 Å². The molecule has 5 nitrogen and oxygen atoms in total. The van der Waals surface area contributed by atoms with Gasteiger partial charge in [-0.3, -0.25) is 19.3 Å². The Hall–Kier alpha value is -2.17. The highest BCUT2D eigenvalue weighted by atomic mass is 16.2. The van der Waals surface area contributed by atoms with Crippen molar-refractivity contribution in [3.8, 4) is 0 Å². The Morgan fingerprint density at radius 2 is 1.56 bits per heavy atom. The maximum atomic E-state index is 13.8. The number of hydrogen-bond donors (Lipinski definition) is 0. The van der Waals surface area contributed by atoms with Crippen molar-refractivity contribution in [1.29, 1.82) is 0 Å².